The summed E-state index contributed by atoms with van der Waals surface area (Å²) < 4.78 is 23.2. The van der Waals surface area contributed by atoms with Crippen molar-refractivity contribution in [2.45, 2.75) is 0 Å². The number of methoxy groups -OCH3 is 1. The number of anilines is 1. The maximum atomic E-state index is 13.2. The van der Waals surface area contributed by atoms with Gasteiger partial charge in [0.05, 0.1) is 12.7 Å². The molecule has 0 aliphatic rings. The van der Waals surface area contributed by atoms with E-state index in [-0.39, 0.29) is 23.1 Å². The van der Waals surface area contributed by atoms with Crippen molar-refractivity contribution >= 4 is 12.0 Å². The van der Waals surface area contributed by atoms with E-state index in [9.17, 15) is 9.18 Å². The first-order valence-electron chi connectivity index (χ1n) is 4.86. The topological polar surface area (TPSA) is 98.6 Å². The van der Waals surface area contributed by atoms with E-state index in [0.717, 1.165) is 6.07 Å². The van der Waals surface area contributed by atoms with E-state index in [1.54, 1.807) is 0 Å². The van der Waals surface area contributed by atoms with E-state index < -0.39 is 17.5 Å². The van der Waals surface area contributed by atoms with Crippen LogP contribution in [0.3, 0.4) is 0 Å². The van der Waals surface area contributed by atoms with E-state index in [2.05, 4.69) is 4.98 Å². The van der Waals surface area contributed by atoms with Crippen LogP contribution < -0.4 is 10.5 Å². The second kappa shape index (κ2) is 4.36. The molecule has 2 aromatic rings. The first kappa shape index (κ1) is 11.9. The van der Waals surface area contributed by atoms with E-state index in [4.69, 9.17) is 20.0 Å². The highest BCUT2D eigenvalue weighted by atomic mass is 19.1. The molecule has 94 valence electrons. The van der Waals surface area contributed by atoms with Gasteiger partial charge in [0.25, 0.3) is 6.01 Å². The highest BCUT2D eigenvalue weighted by Crippen LogP contribution is 2.34. The molecule has 0 unspecified atom stereocenters. The van der Waals surface area contributed by atoms with E-state index in [1.165, 1.54) is 19.2 Å². The molecule has 0 aliphatic carbocycles. The van der Waals surface area contributed by atoms with Crippen LogP contribution in [-0.4, -0.2) is 23.2 Å². The molecule has 7 heteroatoms. The van der Waals surface area contributed by atoms with Gasteiger partial charge in [-0.3, -0.25) is 0 Å². The highest BCUT2D eigenvalue weighted by Gasteiger charge is 2.23. The number of aromatic carboxylic acids is 1. The number of nitrogen functional groups attached to an aromatic ring is 1. The van der Waals surface area contributed by atoms with Crippen molar-refractivity contribution in [1.29, 1.82) is 0 Å². The molecule has 1 heterocycles. The minimum atomic E-state index is -1.32. The summed E-state index contributed by atoms with van der Waals surface area (Å²) in [7, 11) is 1.37. The van der Waals surface area contributed by atoms with Crippen LogP contribution in [0, 0.1) is 5.82 Å². The number of carboxylic acids is 1. The monoisotopic (exact) mass is 252 g/mol. The molecule has 1 aromatic carbocycles. The van der Waals surface area contributed by atoms with E-state index in [1.807, 2.05) is 0 Å². The quantitative estimate of drug-likeness (QED) is 0.863. The second-order valence-electron chi connectivity index (χ2n) is 3.38. The lowest BCUT2D eigenvalue weighted by atomic mass is 10.1. The lowest BCUT2D eigenvalue weighted by Crippen LogP contribution is -2.00. The lowest BCUT2D eigenvalue weighted by Gasteiger charge is -2.06. The zero-order chi connectivity index (χ0) is 13.3. The molecular formula is C11H9FN2O4. The molecule has 2 rings (SSSR count). The van der Waals surface area contributed by atoms with Crippen molar-refractivity contribution < 1.29 is 23.4 Å². The van der Waals surface area contributed by atoms with Crippen LogP contribution >= 0.6 is 0 Å². The third-order valence-corrected chi connectivity index (χ3v) is 2.25. The molecule has 0 atom stereocenters. The number of nitrogens with zero attached hydrogens (tertiary/aromatic N) is 1. The minimum absolute atomic E-state index is 0.138. The fourth-order valence-electron chi connectivity index (χ4n) is 1.52. The molecule has 0 fully saturated rings. The number of hydrogen-bond acceptors (Lipinski definition) is 5. The molecule has 1 aromatic heterocycles. The molecular weight excluding hydrogens is 243 g/mol. The first-order chi connectivity index (χ1) is 8.52. The maximum absolute atomic E-state index is 13.2. The third-order valence-electron chi connectivity index (χ3n) is 2.25. The number of carboxylic acid groups (broad SMARTS) is 1. The zero-order valence-electron chi connectivity index (χ0n) is 9.31. The number of rotatable bonds is 3. The van der Waals surface area contributed by atoms with Gasteiger partial charge in [-0.2, -0.15) is 4.98 Å². The minimum Gasteiger partial charge on any atom is -0.496 e. The van der Waals surface area contributed by atoms with Crippen molar-refractivity contribution in [3.8, 4) is 17.1 Å². The molecule has 0 spiro atoms. The Kier molecular flexibility index (Phi) is 2.88. The average Bonchev–Trinajstić information content (AvgIpc) is 2.71. The average molecular weight is 252 g/mol. The summed E-state index contributed by atoms with van der Waals surface area (Å²) in [5.74, 6) is -1.76. The number of oxazole rings is 1. The second-order valence-corrected chi connectivity index (χ2v) is 3.38. The summed E-state index contributed by atoms with van der Waals surface area (Å²) in [5, 5.41) is 8.96. The molecule has 0 radical (unpaired) electrons. The normalized spacial score (nSPS) is 10.3. The molecule has 3 N–H and O–H groups in total. The largest absolute Gasteiger partial charge is 0.496 e. The van der Waals surface area contributed by atoms with Crippen LogP contribution in [-0.2, 0) is 0 Å². The van der Waals surface area contributed by atoms with Gasteiger partial charge >= 0.3 is 5.97 Å². The Balaban J connectivity index is 2.68. The number of ether oxygens (including phenoxy) is 1. The van der Waals surface area contributed by atoms with Gasteiger partial charge in [-0.15, -0.1) is 0 Å². The van der Waals surface area contributed by atoms with Gasteiger partial charge in [-0.05, 0) is 18.2 Å². The summed E-state index contributed by atoms with van der Waals surface area (Å²) in [4.78, 5) is 14.5. The number of benzene rings is 1. The predicted molar refractivity (Wildman–Crippen MR) is 59.8 cm³/mol. The van der Waals surface area contributed by atoms with Crippen LogP contribution in [0.2, 0.25) is 0 Å². The number of halogens is 1. The van der Waals surface area contributed by atoms with Gasteiger partial charge in [-0.25, -0.2) is 9.18 Å². The van der Waals surface area contributed by atoms with Crippen LogP contribution in [0.1, 0.15) is 10.5 Å². The molecule has 0 bridgehead atoms. The van der Waals surface area contributed by atoms with Gasteiger partial charge in [0.1, 0.15) is 11.6 Å². The number of nitrogens with two attached hydrogens (primary N) is 1. The summed E-state index contributed by atoms with van der Waals surface area (Å²) >= 11 is 0. The standard InChI is InChI=1S/C11H9FN2O4/c1-17-7-3-2-5(12)4-6(7)9-8(10(15)16)14-11(13)18-9/h2-4H,1H3,(H2,13,14)(H,15,16). The van der Waals surface area contributed by atoms with Crippen LogP contribution in [0.5, 0.6) is 5.75 Å². The Labute approximate surface area is 101 Å². The summed E-state index contributed by atoms with van der Waals surface area (Å²) in [6.45, 7) is 0. The highest BCUT2D eigenvalue weighted by molar-refractivity contribution is 5.93. The Hall–Kier alpha value is -2.57. The fourth-order valence-corrected chi connectivity index (χ4v) is 1.52. The van der Waals surface area contributed by atoms with Crippen molar-refractivity contribution in [2.24, 2.45) is 0 Å². The molecule has 0 aliphatic heterocycles. The maximum Gasteiger partial charge on any atom is 0.358 e. The summed E-state index contributed by atoms with van der Waals surface area (Å²) in [6.07, 6.45) is 0. The molecule has 0 saturated heterocycles. The predicted octanol–water partition coefficient (Wildman–Crippen LogP) is 1.77. The first-order valence-corrected chi connectivity index (χ1v) is 4.86. The van der Waals surface area contributed by atoms with E-state index in [0.29, 0.717) is 0 Å². The molecule has 0 saturated carbocycles. The van der Waals surface area contributed by atoms with Crippen molar-refractivity contribution in [1.82, 2.24) is 4.98 Å². The molecule has 0 amide bonds. The van der Waals surface area contributed by atoms with Crippen molar-refractivity contribution in [3.05, 3.63) is 29.7 Å². The fraction of sp³-hybridized carbons (Fsp3) is 0.0909. The smallest absolute Gasteiger partial charge is 0.358 e. The van der Waals surface area contributed by atoms with E-state index >= 15 is 0 Å². The van der Waals surface area contributed by atoms with Gasteiger partial charge in [0.2, 0.25) is 0 Å². The van der Waals surface area contributed by atoms with Gasteiger partial charge in [-0.1, -0.05) is 0 Å². The third kappa shape index (κ3) is 1.97. The lowest BCUT2D eigenvalue weighted by molar-refractivity contribution is 0.0691. The number of aromatic nitrogens is 1. The van der Waals surface area contributed by atoms with Crippen molar-refractivity contribution in [3.63, 3.8) is 0 Å². The summed E-state index contributed by atoms with van der Waals surface area (Å²) in [6, 6.07) is 3.32. The van der Waals surface area contributed by atoms with Crippen molar-refractivity contribution in [2.75, 3.05) is 12.8 Å². The molecule has 18 heavy (non-hydrogen) atoms. The van der Waals surface area contributed by atoms with Gasteiger partial charge < -0.3 is 20.0 Å². The Bertz CT molecular complexity index is 609. The van der Waals surface area contributed by atoms with Gasteiger partial charge in [0.15, 0.2) is 11.5 Å². The number of carbonyl (C=O) groups is 1. The zero-order valence-corrected chi connectivity index (χ0v) is 9.31. The SMILES string of the molecule is COc1ccc(F)cc1-c1oc(N)nc1C(=O)O. The molecule has 6 nitrogen and oxygen atoms in total. The number of hydrogen-bond donors (Lipinski definition) is 2. The summed E-state index contributed by atoms with van der Waals surface area (Å²) in [5.41, 5.74) is 5.05. The van der Waals surface area contributed by atoms with Crippen LogP contribution in [0.15, 0.2) is 22.6 Å². The van der Waals surface area contributed by atoms with Crippen LogP contribution in [0.25, 0.3) is 11.3 Å². The Morgan fingerprint density at radius 2 is 2.28 bits per heavy atom. The Morgan fingerprint density at radius 1 is 1.56 bits per heavy atom. The van der Waals surface area contributed by atoms with Crippen LogP contribution in [0.4, 0.5) is 10.4 Å². The van der Waals surface area contributed by atoms with Gasteiger partial charge in [0, 0.05) is 0 Å². The Morgan fingerprint density at radius 3 is 2.89 bits per heavy atom.